The van der Waals surface area contributed by atoms with E-state index < -0.39 is 0 Å². The van der Waals surface area contributed by atoms with E-state index in [1.165, 1.54) is 0 Å². The van der Waals surface area contributed by atoms with Gasteiger partial charge in [0, 0.05) is 6.07 Å². The molecule has 4 N–H and O–H groups in total. The zero-order chi connectivity index (χ0) is 11.5. The Hall–Kier alpha value is -1.77. The average molecular weight is 285 g/mol. The number of nitrogen functional groups attached to an aromatic ring is 1. The van der Waals surface area contributed by atoms with Gasteiger partial charge in [0.1, 0.15) is 10.4 Å². The Kier molecular flexibility index (Phi) is 2.95. The van der Waals surface area contributed by atoms with Crippen molar-refractivity contribution in [2.75, 3.05) is 11.1 Å². The van der Waals surface area contributed by atoms with Crippen LogP contribution in [0, 0.1) is 0 Å². The molecule has 2 aromatic heterocycles. The number of aromatic amines is 1. The van der Waals surface area contributed by atoms with Gasteiger partial charge in [0.25, 0.3) is 0 Å². The molecular weight excluding hydrogens is 276 g/mol. The highest BCUT2D eigenvalue weighted by molar-refractivity contribution is 9.10. The van der Waals surface area contributed by atoms with Crippen molar-refractivity contribution in [3.8, 4) is 0 Å². The molecule has 0 aliphatic heterocycles. The molecule has 1 atom stereocenters. The maximum absolute atomic E-state index is 5.58. The molecule has 0 saturated carbocycles. The summed E-state index contributed by atoms with van der Waals surface area (Å²) in [6, 6.07) is 1.46. The SMILES string of the molecule is CC(Nc1nc(N)cc(Br)n1)c1nn[nH]n1. The number of halogens is 1. The minimum atomic E-state index is -0.160. The van der Waals surface area contributed by atoms with E-state index in [0.29, 0.717) is 22.2 Å². The van der Waals surface area contributed by atoms with Crippen LogP contribution in [0.15, 0.2) is 10.7 Å². The van der Waals surface area contributed by atoms with Crippen LogP contribution in [0.5, 0.6) is 0 Å². The molecule has 2 heterocycles. The van der Waals surface area contributed by atoms with Crippen LogP contribution in [-0.2, 0) is 0 Å². The summed E-state index contributed by atoms with van der Waals surface area (Å²) in [6.07, 6.45) is 0. The maximum atomic E-state index is 5.58. The van der Waals surface area contributed by atoms with E-state index in [-0.39, 0.29) is 6.04 Å². The van der Waals surface area contributed by atoms with E-state index in [1.807, 2.05) is 6.92 Å². The summed E-state index contributed by atoms with van der Waals surface area (Å²) in [5.41, 5.74) is 5.58. The second-order valence-corrected chi connectivity index (χ2v) is 3.89. The van der Waals surface area contributed by atoms with Crippen molar-refractivity contribution in [1.82, 2.24) is 30.6 Å². The normalized spacial score (nSPS) is 12.4. The zero-order valence-corrected chi connectivity index (χ0v) is 9.93. The Bertz CT molecular complexity index is 449. The van der Waals surface area contributed by atoms with Crippen molar-refractivity contribution < 1.29 is 0 Å². The van der Waals surface area contributed by atoms with Gasteiger partial charge in [-0.25, -0.2) is 4.98 Å². The number of anilines is 2. The lowest BCUT2D eigenvalue weighted by molar-refractivity contribution is 0.780. The van der Waals surface area contributed by atoms with Gasteiger partial charge in [0.05, 0.1) is 6.04 Å². The van der Waals surface area contributed by atoms with Crippen molar-refractivity contribution >= 4 is 27.7 Å². The first-order valence-electron chi connectivity index (χ1n) is 4.45. The van der Waals surface area contributed by atoms with Crippen molar-refractivity contribution in [3.05, 3.63) is 16.5 Å². The number of H-pyrrole nitrogens is 1. The number of aromatic nitrogens is 6. The number of hydrogen-bond donors (Lipinski definition) is 3. The van der Waals surface area contributed by atoms with Crippen LogP contribution in [0.4, 0.5) is 11.8 Å². The topological polar surface area (TPSA) is 118 Å². The first-order valence-corrected chi connectivity index (χ1v) is 5.24. The molecule has 9 heteroatoms. The van der Waals surface area contributed by atoms with Crippen LogP contribution in [0.25, 0.3) is 0 Å². The van der Waals surface area contributed by atoms with E-state index in [4.69, 9.17) is 5.73 Å². The van der Waals surface area contributed by atoms with E-state index in [1.54, 1.807) is 6.07 Å². The minimum Gasteiger partial charge on any atom is -0.383 e. The highest BCUT2D eigenvalue weighted by Crippen LogP contribution is 2.16. The Morgan fingerprint density at radius 1 is 1.50 bits per heavy atom. The fourth-order valence-electron chi connectivity index (χ4n) is 1.11. The molecule has 16 heavy (non-hydrogen) atoms. The summed E-state index contributed by atoms with van der Waals surface area (Å²) in [4.78, 5) is 8.14. The molecule has 8 nitrogen and oxygen atoms in total. The number of hydrogen-bond acceptors (Lipinski definition) is 7. The van der Waals surface area contributed by atoms with Crippen LogP contribution in [0.2, 0.25) is 0 Å². The number of nitrogens with two attached hydrogens (primary N) is 1. The standard InChI is InChI=1S/C7H9BrN8/c1-3(6-13-15-16-14-6)10-7-11-4(8)2-5(9)12-7/h2-3H,1H3,(H3,9,10,11,12)(H,13,14,15,16). The average Bonchev–Trinajstić information content (AvgIpc) is 2.68. The molecule has 2 rings (SSSR count). The zero-order valence-electron chi connectivity index (χ0n) is 8.35. The molecule has 0 radical (unpaired) electrons. The van der Waals surface area contributed by atoms with Gasteiger partial charge in [-0.3, -0.25) is 0 Å². The Balaban J connectivity index is 2.15. The Morgan fingerprint density at radius 3 is 2.94 bits per heavy atom. The maximum Gasteiger partial charge on any atom is 0.226 e. The second kappa shape index (κ2) is 4.39. The summed E-state index contributed by atoms with van der Waals surface area (Å²) in [5.74, 6) is 1.32. The predicted molar refractivity (Wildman–Crippen MR) is 60.4 cm³/mol. The van der Waals surface area contributed by atoms with Crippen LogP contribution < -0.4 is 11.1 Å². The van der Waals surface area contributed by atoms with Gasteiger partial charge >= 0.3 is 0 Å². The van der Waals surface area contributed by atoms with Gasteiger partial charge < -0.3 is 11.1 Å². The predicted octanol–water partition coefficient (Wildman–Crippen LogP) is 0.508. The van der Waals surface area contributed by atoms with E-state index in [2.05, 4.69) is 51.8 Å². The summed E-state index contributed by atoms with van der Waals surface area (Å²) in [7, 11) is 0. The smallest absolute Gasteiger partial charge is 0.226 e. The van der Waals surface area contributed by atoms with Crippen molar-refractivity contribution in [1.29, 1.82) is 0 Å². The summed E-state index contributed by atoms with van der Waals surface area (Å²) in [5, 5.41) is 16.5. The molecule has 84 valence electrons. The summed E-state index contributed by atoms with van der Waals surface area (Å²) < 4.78 is 0.614. The summed E-state index contributed by atoms with van der Waals surface area (Å²) in [6.45, 7) is 1.87. The third-order valence-corrected chi connectivity index (χ3v) is 2.22. The van der Waals surface area contributed by atoms with Crippen molar-refractivity contribution in [2.24, 2.45) is 0 Å². The van der Waals surface area contributed by atoms with Crippen molar-refractivity contribution in [3.63, 3.8) is 0 Å². The minimum absolute atomic E-state index is 0.160. The van der Waals surface area contributed by atoms with Gasteiger partial charge in [-0.05, 0) is 22.9 Å². The van der Waals surface area contributed by atoms with Gasteiger partial charge in [-0.2, -0.15) is 10.2 Å². The second-order valence-electron chi connectivity index (χ2n) is 3.08. The molecule has 0 aliphatic rings. The van der Waals surface area contributed by atoms with Gasteiger partial charge in [-0.1, -0.05) is 5.21 Å². The quantitative estimate of drug-likeness (QED) is 0.703. The highest BCUT2D eigenvalue weighted by atomic mass is 79.9. The largest absolute Gasteiger partial charge is 0.383 e. The van der Waals surface area contributed by atoms with E-state index >= 15 is 0 Å². The number of nitrogens with one attached hydrogen (secondary N) is 2. The number of nitrogens with zero attached hydrogens (tertiary/aromatic N) is 5. The molecular formula is C7H9BrN8. The lowest BCUT2D eigenvalue weighted by Gasteiger charge is -2.09. The fraction of sp³-hybridized carbons (Fsp3) is 0.286. The molecule has 0 spiro atoms. The van der Waals surface area contributed by atoms with Gasteiger partial charge in [-0.15, -0.1) is 10.2 Å². The lowest BCUT2D eigenvalue weighted by atomic mass is 10.3. The molecule has 1 unspecified atom stereocenters. The third kappa shape index (κ3) is 2.42. The monoisotopic (exact) mass is 284 g/mol. The first kappa shape index (κ1) is 10.7. The third-order valence-electron chi connectivity index (χ3n) is 1.81. The van der Waals surface area contributed by atoms with Crippen LogP contribution in [0.3, 0.4) is 0 Å². The molecule has 0 saturated heterocycles. The molecule has 0 aromatic carbocycles. The Morgan fingerprint density at radius 2 is 2.31 bits per heavy atom. The molecule has 2 aromatic rings. The molecule has 0 fully saturated rings. The number of tetrazole rings is 1. The number of rotatable bonds is 3. The Labute approximate surface area is 99.2 Å². The van der Waals surface area contributed by atoms with Gasteiger partial charge in [0.15, 0.2) is 5.82 Å². The van der Waals surface area contributed by atoms with E-state index in [9.17, 15) is 0 Å². The summed E-state index contributed by atoms with van der Waals surface area (Å²) >= 11 is 3.23. The van der Waals surface area contributed by atoms with Crippen molar-refractivity contribution in [2.45, 2.75) is 13.0 Å². The first-order chi connectivity index (χ1) is 7.65. The van der Waals surface area contributed by atoms with E-state index in [0.717, 1.165) is 0 Å². The van der Waals surface area contributed by atoms with Crippen LogP contribution in [-0.4, -0.2) is 30.6 Å². The van der Waals surface area contributed by atoms with Gasteiger partial charge in [0.2, 0.25) is 5.95 Å². The highest BCUT2D eigenvalue weighted by Gasteiger charge is 2.11. The van der Waals surface area contributed by atoms with Crippen LogP contribution in [0.1, 0.15) is 18.8 Å². The fourth-order valence-corrected chi connectivity index (χ4v) is 1.51. The molecule has 0 amide bonds. The molecule has 0 aliphatic carbocycles. The van der Waals surface area contributed by atoms with Crippen LogP contribution >= 0.6 is 15.9 Å². The molecule has 0 bridgehead atoms. The lowest BCUT2D eigenvalue weighted by Crippen LogP contribution is -2.11.